The fourth-order valence-electron chi connectivity index (χ4n) is 2.23. The lowest BCUT2D eigenvalue weighted by atomic mass is 10.1. The minimum absolute atomic E-state index is 0.0237. The van der Waals surface area contributed by atoms with Crippen LogP contribution in [0.5, 0.6) is 0 Å². The van der Waals surface area contributed by atoms with Gasteiger partial charge in [-0.2, -0.15) is 5.26 Å². The maximum atomic E-state index is 11.6. The molecule has 0 bridgehead atoms. The second kappa shape index (κ2) is 5.46. The smallest absolute Gasteiger partial charge is 0.293 e. The molecule has 1 unspecified atom stereocenters. The Bertz CT molecular complexity index is 678. The van der Waals surface area contributed by atoms with Crippen LogP contribution in [0, 0.1) is 21.4 Å². The van der Waals surface area contributed by atoms with Crippen molar-refractivity contribution in [3.63, 3.8) is 0 Å². The first-order valence-corrected chi connectivity index (χ1v) is 7.89. The van der Waals surface area contributed by atoms with Gasteiger partial charge in [0, 0.05) is 12.1 Å². The Kier molecular flexibility index (Phi) is 3.90. The molecule has 20 heavy (non-hydrogen) atoms. The number of anilines is 1. The van der Waals surface area contributed by atoms with Crippen molar-refractivity contribution < 1.29 is 13.3 Å². The zero-order valence-corrected chi connectivity index (χ0v) is 11.4. The standard InChI is InChI=1S/C12H13N3O4S/c13-7-9-3-4-11(12(6-9)15(16)17)14-10-2-1-5-20(18,19)8-10/h3-4,6,10,14H,1-2,5,8H2. The number of nitriles is 1. The van der Waals surface area contributed by atoms with Crippen molar-refractivity contribution in [2.75, 3.05) is 16.8 Å². The zero-order chi connectivity index (χ0) is 14.8. The molecular formula is C12H13N3O4S. The number of sulfone groups is 1. The van der Waals surface area contributed by atoms with Gasteiger partial charge in [-0.1, -0.05) is 0 Å². The lowest BCUT2D eigenvalue weighted by Crippen LogP contribution is -2.34. The van der Waals surface area contributed by atoms with Crippen LogP contribution >= 0.6 is 0 Å². The fourth-order valence-corrected chi connectivity index (χ4v) is 3.87. The highest BCUT2D eigenvalue weighted by molar-refractivity contribution is 7.91. The second-order valence-corrected chi connectivity index (χ2v) is 6.93. The predicted molar refractivity (Wildman–Crippen MR) is 73.1 cm³/mol. The number of nitro groups is 1. The molecule has 1 atom stereocenters. The van der Waals surface area contributed by atoms with Crippen molar-refractivity contribution >= 4 is 21.2 Å². The van der Waals surface area contributed by atoms with Gasteiger partial charge < -0.3 is 5.32 Å². The first-order chi connectivity index (χ1) is 9.41. The Hall–Kier alpha value is -2.14. The van der Waals surface area contributed by atoms with E-state index in [0.717, 1.165) is 0 Å². The molecule has 1 aromatic carbocycles. The molecule has 1 aliphatic heterocycles. The quantitative estimate of drug-likeness (QED) is 0.667. The monoisotopic (exact) mass is 295 g/mol. The summed E-state index contributed by atoms with van der Waals surface area (Å²) in [7, 11) is -3.08. The number of nitrogens with zero attached hydrogens (tertiary/aromatic N) is 2. The van der Waals surface area contributed by atoms with Gasteiger partial charge in [0.15, 0.2) is 9.84 Å². The average molecular weight is 295 g/mol. The molecule has 0 saturated carbocycles. The van der Waals surface area contributed by atoms with Gasteiger partial charge in [-0.05, 0) is 25.0 Å². The van der Waals surface area contributed by atoms with Gasteiger partial charge in [-0.3, -0.25) is 10.1 Å². The van der Waals surface area contributed by atoms with Gasteiger partial charge >= 0.3 is 0 Å². The molecule has 0 aliphatic carbocycles. The summed E-state index contributed by atoms with van der Waals surface area (Å²) in [5.41, 5.74) is 0.224. The van der Waals surface area contributed by atoms with E-state index in [2.05, 4.69) is 5.32 Å². The lowest BCUT2D eigenvalue weighted by Gasteiger charge is -2.23. The van der Waals surface area contributed by atoms with Crippen LogP contribution in [0.3, 0.4) is 0 Å². The number of nitro benzene ring substituents is 1. The van der Waals surface area contributed by atoms with Crippen molar-refractivity contribution in [2.45, 2.75) is 18.9 Å². The third-order valence-corrected chi connectivity index (χ3v) is 4.97. The van der Waals surface area contributed by atoms with E-state index in [1.165, 1.54) is 18.2 Å². The van der Waals surface area contributed by atoms with Gasteiger partial charge in [-0.15, -0.1) is 0 Å². The molecule has 2 rings (SSSR count). The summed E-state index contributed by atoms with van der Waals surface area (Å²) in [5.74, 6) is 0.144. The number of hydrogen-bond acceptors (Lipinski definition) is 6. The van der Waals surface area contributed by atoms with E-state index >= 15 is 0 Å². The first kappa shape index (κ1) is 14.3. The summed E-state index contributed by atoms with van der Waals surface area (Å²) in [6.07, 6.45) is 1.19. The summed E-state index contributed by atoms with van der Waals surface area (Å²) in [6, 6.07) is 5.59. The molecule has 1 aliphatic rings. The molecule has 0 aromatic heterocycles. The largest absolute Gasteiger partial charge is 0.376 e. The van der Waals surface area contributed by atoms with Gasteiger partial charge in [-0.25, -0.2) is 8.42 Å². The van der Waals surface area contributed by atoms with Crippen LogP contribution < -0.4 is 5.32 Å². The zero-order valence-electron chi connectivity index (χ0n) is 10.6. The van der Waals surface area contributed by atoms with Crippen LogP contribution in [0.25, 0.3) is 0 Å². The molecule has 1 N–H and O–H groups in total. The van der Waals surface area contributed by atoms with Gasteiger partial charge in [0.1, 0.15) is 5.69 Å². The Morgan fingerprint density at radius 1 is 1.45 bits per heavy atom. The number of benzene rings is 1. The van der Waals surface area contributed by atoms with Crippen molar-refractivity contribution in [1.29, 1.82) is 5.26 Å². The Labute approximate surface area is 116 Å². The normalized spacial score (nSPS) is 20.9. The first-order valence-electron chi connectivity index (χ1n) is 6.07. The van der Waals surface area contributed by atoms with E-state index in [0.29, 0.717) is 12.8 Å². The van der Waals surface area contributed by atoms with Gasteiger partial charge in [0.25, 0.3) is 5.69 Å². The third kappa shape index (κ3) is 3.24. The highest BCUT2D eigenvalue weighted by atomic mass is 32.2. The maximum Gasteiger partial charge on any atom is 0.293 e. The fraction of sp³-hybridized carbons (Fsp3) is 0.417. The third-order valence-electron chi connectivity index (χ3n) is 3.15. The van der Waals surface area contributed by atoms with Crippen LogP contribution in [0.1, 0.15) is 18.4 Å². The van der Waals surface area contributed by atoms with Crippen LogP contribution in [-0.2, 0) is 9.84 Å². The van der Waals surface area contributed by atoms with E-state index in [9.17, 15) is 18.5 Å². The molecule has 0 radical (unpaired) electrons. The van der Waals surface area contributed by atoms with Crippen molar-refractivity contribution in [3.05, 3.63) is 33.9 Å². The number of hydrogen-bond donors (Lipinski definition) is 1. The summed E-state index contributed by atoms with van der Waals surface area (Å²) in [5, 5.41) is 22.7. The lowest BCUT2D eigenvalue weighted by molar-refractivity contribution is -0.384. The molecule has 106 valence electrons. The number of rotatable bonds is 3. The van der Waals surface area contributed by atoms with Gasteiger partial charge in [0.2, 0.25) is 0 Å². The Morgan fingerprint density at radius 2 is 2.20 bits per heavy atom. The number of nitrogens with one attached hydrogen (secondary N) is 1. The van der Waals surface area contributed by atoms with E-state index < -0.39 is 14.8 Å². The average Bonchev–Trinajstić information content (AvgIpc) is 2.37. The SMILES string of the molecule is N#Cc1ccc(NC2CCCS(=O)(=O)C2)c([N+](=O)[O-])c1. The van der Waals surface area contributed by atoms with E-state index in [4.69, 9.17) is 5.26 Å². The Balaban J connectivity index is 2.25. The molecule has 1 fully saturated rings. The molecule has 7 nitrogen and oxygen atoms in total. The summed E-state index contributed by atoms with van der Waals surface area (Å²) >= 11 is 0. The molecule has 0 spiro atoms. The van der Waals surface area contributed by atoms with Crippen LogP contribution in [-0.4, -0.2) is 30.9 Å². The molecular weight excluding hydrogens is 282 g/mol. The molecule has 1 heterocycles. The van der Waals surface area contributed by atoms with Crippen molar-refractivity contribution in [1.82, 2.24) is 0 Å². The maximum absolute atomic E-state index is 11.6. The van der Waals surface area contributed by atoms with Crippen molar-refractivity contribution in [2.24, 2.45) is 0 Å². The minimum atomic E-state index is -3.08. The van der Waals surface area contributed by atoms with Gasteiger partial charge in [0.05, 0.1) is 28.1 Å². The minimum Gasteiger partial charge on any atom is -0.376 e. The van der Waals surface area contributed by atoms with Crippen LogP contribution in [0.4, 0.5) is 11.4 Å². The molecule has 0 amide bonds. The van der Waals surface area contributed by atoms with E-state index in [1.54, 1.807) is 0 Å². The molecule has 1 saturated heterocycles. The summed E-state index contributed by atoms with van der Waals surface area (Å²) in [6.45, 7) is 0. The van der Waals surface area contributed by atoms with Crippen LogP contribution in [0.2, 0.25) is 0 Å². The van der Waals surface area contributed by atoms with Crippen molar-refractivity contribution in [3.8, 4) is 6.07 Å². The van der Waals surface area contributed by atoms with E-state index in [-0.39, 0.29) is 34.5 Å². The molecule has 1 aromatic rings. The van der Waals surface area contributed by atoms with E-state index in [1.807, 2.05) is 6.07 Å². The second-order valence-electron chi connectivity index (χ2n) is 4.70. The summed E-state index contributed by atoms with van der Waals surface area (Å²) in [4.78, 5) is 10.4. The summed E-state index contributed by atoms with van der Waals surface area (Å²) < 4.78 is 23.1. The highest BCUT2D eigenvalue weighted by Gasteiger charge is 2.26. The highest BCUT2D eigenvalue weighted by Crippen LogP contribution is 2.27. The Morgan fingerprint density at radius 3 is 2.80 bits per heavy atom. The topological polar surface area (TPSA) is 113 Å². The van der Waals surface area contributed by atoms with Crippen LogP contribution in [0.15, 0.2) is 18.2 Å². The predicted octanol–water partition coefficient (Wildman–Crippen LogP) is 1.46. The molecule has 8 heteroatoms.